The fourth-order valence-electron chi connectivity index (χ4n) is 1.96. The van der Waals surface area contributed by atoms with Gasteiger partial charge in [-0.25, -0.2) is 4.79 Å². The summed E-state index contributed by atoms with van der Waals surface area (Å²) in [6, 6.07) is 10.5. The number of nitrogens with zero attached hydrogens (tertiary/aromatic N) is 1. The molecule has 0 bridgehead atoms. The summed E-state index contributed by atoms with van der Waals surface area (Å²) in [5.74, 6) is 1.16. The molecule has 2 N–H and O–H groups in total. The van der Waals surface area contributed by atoms with Crippen molar-refractivity contribution in [2.75, 3.05) is 19.5 Å². The first-order valence-electron chi connectivity index (χ1n) is 6.82. The first-order chi connectivity index (χ1) is 10.6. The molecule has 1 aromatic heterocycles. The molecule has 1 heterocycles. The second-order valence-electron chi connectivity index (χ2n) is 4.65. The van der Waals surface area contributed by atoms with Crippen LogP contribution in [0.1, 0.15) is 11.4 Å². The highest BCUT2D eigenvalue weighted by Gasteiger charge is 2.07. The lowest BCUT2D eigenvalue weighted by Crippen LogP contribution is -2.28. The van der Waals surface area contributed by atoms with Gasteiger partial charge in [0.25, 0.3) is 0 Å². The topological polar surface area (TPSA) is 72.5 Å². The molecule has 2 amide bonds. The van der Waals surface area contributed by atoms with Crippen molar-refractivity contribution in [3.63, 3.8) is 0 Å². The van der Waals surface area contributed by atoms with Gasteiger partial charge < -0.3 is 20.1 Å². The molecule has 116 valence electrons. The number of urea groups is 1. The number of carbonyl (C=O) groups is 1. The minimum Gasteiger partial charge on any atom is -0.493 e. The number of methoxy groups -OCH3 is 2. The second kappa shape index (κ2) is 7.31. The van der Waals surface area contributed by atoms with Crippen LogP contribution in [0, 0.1) is 6.92 Å². The van der Waals surface area contributed by atoms with Crippen molar-refractivity contribution in [3.05, 3.63) is 47.8 Å². The van der Waals surface area contributed by atoms with Gasteiger partial charge in [-0.15, -0.1) is 0 Å². The van der Waals surface area contributed by atoms with Crippen LogP contribution in [0.25, 0.3) is 0 Å². The number of benzene rings is 1. The molecule has 0 fully saturated rings. The number of hydrogen-bond donors (Lipinski definition) is 2. The van der Waals surface area contributed by atoms with Crippen LogP contribution in [0.2, 0.25) is 0 Å². The zero-order valence-electron chi connectivity index (χ0n) is 12.8. The van der Waals surface area contributed by atoms with Gasteiger partial charge in [0.1, 0.15) is 0 Å². The van der Waals surface area contributed by atoms with E-state index in [9.17, 15) is 4.79 Å². The van der Waals surface area contributed by atoms with E-state index >= 15 is 0 Å². The highest BCUT2D eigenvalue weighted by Crippen LogP contribution is 2.29. The third-order valence-corrected chi connectivity index (χ3v) is 3.02. The van der Waals surface area contributed by atoms with E-state index in [4.69, 9.17) is 9.47 Å². The van der Waals surface area contributed by atoms with E-state index in [0.29, 0.717) is 23.7 Å². The predicted octanol–water partition coefficient (Wildman–Crippen LogP) is 2.73. The number of amides is 2. The molecule has 0 atom stereocenters. The van der Waals surface area contributed by atoms with Crippen molar-refractivity contribution in [2.24, 2.45) is 0 Å². The van der Waals surface area contributed by atoms with Gasteiger partial charge in [0, 0.05) is 17.4 Å². The summed E-state index contributed by atoms with van der Waals surface area (Å²) in [4.78, 5) is 16.2. The highest BCUT2D eigenvalue weighted by molar-refractivity contribution is 5.89. The average molecular weight is 301 g/mol. The maximum absolute atomic E-state index is 11.9. The van der Waals surface area contributed by atoms with Crippen LogP contribution >= 0.6 is 0 Å². The van der Waals surface area contributed by atoms with Gasteiger partial charge in [-0.2, -0.15) is 0 Å². The SMILES string of the molecule is COc1ccc(NC(=O)NCc2cccc(C)n2)cc1OC. The molecule has 0 spiro atoms. The second-order valence-corrected chi connectivity index (χ2v) is 4.65. The molecule has 0 aliphatic heterocycles. The van der Waals surface area contributed by atoms with Gasteiger partial charge >= 0.3 is 6.03 Å². The summed E-state index contributed by atoms with van der Waals surface area (Å²) in [6.45, 7) is 2.27. The van der Waals surface area contributed by atoms with E-state index in [2.05, 4.69) is 15.6 Å². The van der Waals surface area contributed by atoms with E-state index in [-0.39, 0.29) is 6.03 Å². The van der Waals surface area contributed by atoms with Crippen molar-refractivity contribution in [2.45, 2.75) is 13.5 Å². The average Bonchev–Trinajstić information content (AvgIpc) is 2.53. The maximum atomic E-state index is 11.9. The maximum Gasteiger partial charge on any atom is 0.319 e. The quantitative estimate of drug-likeness (QED) is 0.890. The molecular formula is C16H19N3O3. The van der Waals surface area contributed by atoms with Crippen LogP contribution < -0.4 is 20.1 Å². The Labute approximate surface area is 129 Å². The highest BCUT2D eigenvalue weighted by atomic mass is 16.5. The first kappa shape index (κ1) is 15.6. The molecular weight excluding hydrogens is 282 g/mol. The molecule has 1 aromatic carbocycles. The Morgan fingerprint density at radius 1 is 1.14 bits per heavy atom. The number of rotatable bonds is 5. The Hall–Kier alpha value is -2.76. The molecule has 0 aliphatic rings. The van der Waals surface area contributed by atoms with Crippen LogP contribution in [0.5, 0.6) is 11.5 Å². The minimum absolute atomic E-state index is 0.310. The Kier molecular flexibility index (Phi) is 5.19. The van der Waals surface area contributed by atoms with Crippen LogP contribution in [0.4, 0.5) is 10.5 Å². The number of nitrogens with one attached hydrogen (secondary N) is 2. The normalized spacial score (nSPS) is 9.95. The van der Waals surface area contributed by atoms with Gasteiger partial charge in [0.15, 0.2) is 11.5 Å². The van der Waals surface area contributed by atoms with Gasteiger partial charge in [0.05, 0.1) is 26.5 Å². The van der Waals surface area contributed by atoms with Crippen molar-refractivity contribution in [1.29, 1.82) is 0 Å². The van der Waals surface area contributed by atoms with Crippen molar-refractivity contribution in [1.82, 2.24) is 10.3 Å². The lowest BCUT2D eigenvalue weighted by Gasteiger charge is -2.11. The minimum atomic E-state index is -0.310. The number of ether oxygens (including phenoxy) is 2. The molecule has 0 saturated carbocycles. The lowest BCUT2D eigenvalue weighted by atomic mass is 10.2. The Morgan fingerprint density at radius 3 is 2.59 bits per heavy atom. The van der Waals surface area contributed by atoms with E-state index < -0.39 is 0 Å². The number of carbonyl (C=O) groups excluding carboxylic acids is 1. The summed E-state index contributed by atoms with van der Waals surface area (Å²) in [5.41, 5.74) is 2.34. The predicted molar refractivity (Wildman–Crippen MR) is 84.4 cm³/mol. The molecule has 0 radical (unpaired) electrons. The molecule has 2 aromatic rings. The van der Waals surface area contributed by atoms with E-state index in [0.717, 1.165) is 11.4 Å². The summed E-state index contributed by atoms with van der Waals surface area (Å²) < 4.78 is 10.3. The Bertz CT molecular complexity index is 659. The monoisotopic (exact) mass is 301 g/mol. The van der Waals surface area contributed by atoms with E-state index in [1.807, 2.05) is 25.1 Å². The van der Waals surface area contributed by atoms with Crippen LogP contribution in [-0.2, 0) is 6.54 Å². The Morgan fingerprint density at radius 2 is 1.91 bits per heavy atom. The van der Waals surface area contributed by atoms with Crippen LogP contribution in [0.15, 0.2) is 36.4 Å². The van der Waals surface area contributed by atoms with Crippen molar-refractivity contribution < 1.29 is 14.3 Å². The zero-order valence-corrected chi connectivity index (χ0v) is 12.8. The van der Waals surface area contributed by atoms with Crippen molar-refractivity contribution in [3.8, 4) is 11.5 Å². The van der Waals surface area contributed by atoms with Gasteiger partial charge in [0.2, 0.25) is 0 Å². The molecule has 22 heavy (non-hydrogen) atoms. The van der Waals surface area contributed by atoms with E-state index in [1.54, 1.807) is 32.4 Å². The molecule has 6 heteroatoms. The number of anilines is 1. The third kappa shape index (κ3) is 4.12. The lowest BCUT2D eigenvalue weighted by molar-refractivity contribution is 0.251. The van der Waals surface area contributed by atoms with Crippen LogP contribution in [0.3, 0.4) is 0 Å². The number of hydrogen-bond acceptors (Lipinski definition) is 4. The molecule has 2 rings (SSSR count). The smallest absolute Gasteiger partial charge is 0.319 e. The summed E-state index contributed by atoms with van der Waals surface area (Å²) in [7, 11) is 3.11. The summed E-state index contributed by atoms with van der Waals surface area (Å²) in [6.07, 6.45) is 0. The number of pyridine rings is 1. The van der Waals surface area contributed by atoms with Gasteiger partial charge in [-0.05, 0) is 31.2 Å². The van der Waals surface area contributed by atoms with E-state index in [1.165, 1.54) is 0 Å². The van der Waals surface area contributed by atoms with Gasteiger partial charge in [-0.3, -0.25) is 4.98 Å². The molecule has 0 aliphatic carbocycles. The zero-order chi connectivity index (χ0) is 15.9. The number of aromatic nitrogens is 1. The fraction of sp³-hybridized carbons (Fsp3) is 0.250. The molecule has 0 unspecified atom stereocenters. The third-order valence-electron chi connectivity index (χ3n) is 3.02. The Balaban J connectivity index is 1.94. The molecule has 0 saturated heterocycles. The van der Waals surface area contributed by atoms with Crippen LogP contribution in [-0.4, -0.2) is 25.2 Å². The molecule has 6 nitrogen and oxygen atoms in total. The summed E-state index contributed by atoms with van der Waals surface area (Å²) in [5, 5.41) is 5.50. The standard InChI is InChI=1S/C16H19N3O3/c1-11-5-4-6-13(18-11)10-17-16(20)19-12-7-8-14(21-2)15(9-12)22-3/h4-9H,10H2,1-3H3,(H2,17,19,20). The summed E-state index contributed by atoms with van der Waals surface area (Å²) >= 11 is 0. The fourth-order valence-corrected chi connectivity index (χ4v) is 1.96. The van der Waals surface area contributed by atoms with Gasteiger partial charge in [-0.1, -0.05) is 6.07 Å². The number of aryl methyl sites for hydroxylation is 1. The largest absolute Gasteiger partial charge is 0.493 e. The van der Waals surface area contributed by atoms with Crippen molar-refractivity contribution >= 4 is 11.7 Å². The first-order valence-corrected chi connectivity index (χ1v) is 6.82.